The van der Waals surface area contributed by atoms with Crippen LogP contribution < -0.4 is 5.73 Å². The Hall–Kier alpha value is -2.14. The minimum absolute atomic E-state index is 0.0550. The van der Waals surface area contributed by atoms with E-state index in [0.29, 0.717) is 0 Å². The molecule has 3 rings (SSSR count). The monoisotopic (exact) mass is 309 g/mol. The van der Waals surface area contributed by atoms with E-state index in [-0.39, 0.29) is 16.9 Å². The molecule has 0 saturated carbocycles. The number of aliphatic hydroxyl groups excluding tert-OH is 2. The van der Waals surface area contributed by atoms with Crippen molar-refractivity contribution in [1.29, 1.82) is 0 Å². The van der Waals surface area contributed by atoms with Gasteiger partial charge in [-0.25, -0.2) is 15.0 Å². The number of hydrogen-bond acceptors (Lipinski definition) is 8. The van der Waals surface area contributed by atoms with Crippen molar-refractivity contribution in [1.82, 2.24) is 19.5 Å². The summed E-state index contributed by atoms with van der Waals surface area (Å²) in [4.78, 5) is 23.2. The third-order valence-corrected chi connectivity index (χ3v) is 3.78. The average Bonchev–Trinajstić information content (AvgIpc) is 2.99. The minimum atomic E-state index is -1.68. The molecule has 2 unspecified atom stereocenters. The Bertz CT molecular complexity index is 730. The van der Waals surface area contributed by atoms with E-state index in [0.717, 1.165) is 6.33 Å². The van der Waals surface area contributed by atoms with E-state index in [1.54, 1.807) is 0 Å². The maximum atomic E-state index is 11.4. The largest absolute Gasteiger partial charge is 0.394 e. The lowest BCUT2D eigenvalue weighted by atomic mass is 9.96. The van der Waals surface area contributed by atoms with E-state index in [4.69, 9.17) is 10.5 Å². The van der Waals surface area contributed by atoms with Crippen LogP contribution in [0.5, 0.6) is 0 Å². The molecule has 2 aromatic heterocycles. The van der Waals surface area contributed by atoms with Gasteiger partial charge in [-0.1, -0.05) is 0 Å². The fourth-order valence-corrected chi connectivity index (χ4v) is 2.59. The molecular weight excluding hydrogens is 294 g/mol. The van der Waals surface area contributed by atoms with Gasteiger partial charge in [0.25, 0.3) is 5.91 Å². The van der Waals surface area contributed by atoms with Gasteiger partial charge in [0.15, 0.2) is 17.6 Å². The Morgan fingerprint density at radius 3 is 2.82 bits per heavy atom. The van der Waals surface area contributed by atoms with Crippen molar-refractivity contribution in [3.63, 3.8) is 0 Å². The highest BCUT2D eigenvalue weighted by atomic mass is 16.6. The zero-order valence-electron chi connectivity index (χ0n) is 11.6. The zero-order chi connectivity index (χ0) is 16.1. The van der Waals surface area contributed by atoms with Crippen LogP contribution in [0.25, 0.3) is 11.2 Å². The summed E-state index contributed by atoms with van der Waals surface area (Å²) in [5.41, 5.74) is 3.88. The molecule has 1 saturated heterocycles. The summed E-state index contributed by atoms with van der Waals surface area (Å²) < 4.78 is 6.85. The van der Waals surface area contributed by atoms with E-state index >= 15 is 0 Å². The lowest BCUT2D eigenvalue weighted by molar-refractivity contribution is -0.0950. The van der Waals surface area contributed by atoms with Crippen LogP contribution in [0.15, 0.2) is 12.7 Å². The van der Waals surface area contributed by atoms with Gasteiger partial charge < -0.3 is 25.8 Å². The second-order valence-corrected chi connectivity index (χ2v) is 5.29. The number of primary amides is 1. The number of ether oxygens (including phenoxy) is 1. The van der Waals surface area contributed by atoms with Crippen LogP contribution in [-0.2, 0) is 4.74 Å². The first-order valence-corrected chi connectivity index (χ1v) is 6.52. The molecule has 1 fully saturated rings. The molecule has 0 radical (unpaired) electrons. The van der Waals surface area contributed by atoms with Gasteiger partial charge in [0, 0.05) is 0 Å². The first kappa shape index (κ1) is 14.8. The topological polar surface area (TPSA) is 157 Å². The highest BCUT2D eigenvalue weighted by Gasteiger charge is 2.53. The maximum absolute atomic E-state index is 11.4. The molecule has 2 aromatic rings. The molecule has 10 heteroatoms. The van der Waals surface area contributed by atoms with Gasteiger partial charge >= 0.3 is 0 Å². The second-order valence-electron chi connectivity index (χ2n) is 5.29. The lowest BCUT2D eigenvalue weighted by Crippen LogP contribution is -2.44. The molecule has 3 heterocycles. The lowest BCUT2D eigenvalue weighted by Gasteiger charge is -2.27. The number of nitrogens with zero attached hydrogens (tertiary/aromatic N) is 4. The van der Waals surface area contributed by atoms with Gasteiger partial charge in [-0.15, -0.1) is 0 Å². The molecule has 118 valence electrons. The van der Waals surface area contributed by atoms with Crippen molar-refractivity contribution in [2.45, 2.75) is 31.0 Å². The molecule has 0 spiro atoms. The Morgan fingerprint density at radius 1 is 1.50 bits per heavy atom. The van der Waals surface area contributed by atoms with Gasteiger partial charge in [-0.05, 0) is 6.92 Å². The predicted octanol–water partition coefficient (Wildman–Crippen LogP) is -2.07. The standard InChI is InChI=1S/C12H15N5O5/c1-12(21)8(19)5(2-18)22-11(12)17-4-16-7-6(9(13)20)14-3-15-10(7)17/h3-5,8,11,18-19,21H,2H2,1H3,(H2,13,20)/t5?,8-,11?,12+/m1/s1. The van der Waals surface area contributed by atoms with Crippen LogP contribution in [0.1, 0.15) is 23.6 Å². The zero-order valence-corrected chi connectivity index (χ0v) is 11.6. The molecule has 10 nitrogen and oxygen atoms in total. The molecule has 1 aliphatic heterocycles. The van der Waals surface area contributed by atoms with E-state index in [2.05, 4.69) is 15.0 Å². The number of imidazole rings is 1. The van der Waals surface area contributed by atoms with Crippen LogP contribution in [-0.4, -0.2) is 65.2 Å². The average molecular weight is 309 g/mol. The number of fused-ring (bicyclic) bond motifs is 1. The molecule has 22 heavy (non-hydrogen) atoms. The first-order chi connectivity index (χ1) is 10.4. The van der Waals surface area contributed by atoms with Crippen LogP contribution in [0.3, 0.4) is 0 Å². The number of carbonyl (C=O) groups is 1. The maximum Gasteiger partial charge on any atom is 0.269 e. The summed E-state index contributed by atoms with van der Waals surface area (Å²) in [6.45, 7) is 0.919. The van der Waals surface area contributed by atoms with Crippen LogP contribution in [0.2, 0.25) is 0 Å². The Labute approximate surface area is 124 Å². The summed E-state index contributed by atoms with van der Waals surface area (Å²) >= 11 is 0. The number of aromatic nitrogens is 4. The predicted molar refractivity (Wildman–Crippen MR) is 71.5 cm³/mol. The van der Waals surface area contributed by atoms with Gasteiger partial charge in [-0.3, -0.25) is 9.36 Å². The highest BCUT2D eigenvalue weighted by Crippen LogP contribution is 2.39. The van der Waals surface area contributed by atoms with Crippen LogP contribution in [0, 0.1) is 0 Å². The van der Waals surface area contributed by atoms with Crippen molar-refractivity contribution < 1.29 is 24.9 Å². The summed E-state index contributed by atoms with van der Waals surface area (Å²) in [6.07, 6.45) is -0.839. The van der Waals surface area contributed by atoms with E-state index in [1.165, 1.54) is 17.8 Å². The molecule has 0 aromatic carbocycles. The molecular formula is C12H15N5O5. The second kappa shape index (κ2) is 4.95. The van der Waals surface area contributed by atoms with Gasteiger partial charge in [-0.2, -0.15) is 0 Å². The van der Waals surface area contributed by atoms with Crippen molar-refractivity contribution >= 4 is 17.1 Å². The third-order valence-electron chi connectivity index (χ3n) is 3.78. The molecule has 1 amide bonds. The Morgan fingerprint density at radius 2 is 2.23 bits per heavy atom. The quantitative estimate of drug-likeness (QED) is 0.503. The number of rotatable bonds is 3. The van der Waals surface area contributed by atoms with Crippen molar-refractivity contribution in [3.05, 3.63) is 18.3 Å². The van der Waals surface area contributed by atoms with Crippen molar-refractivity contribution in [2.75, 3.05) is 6.61 Å². The smallest absolute Gasteiger partial charge is 0.269 e. The molecule has 5 N–H and O–H groups in total. The fraction of sp³-hybridized carbons (Fsp3) is 0.500. The highest BCUT2D eigenvalue weighted by molar-refractivity contribution is 6.01. The third kappa shape index (κ3) is 1.96. The van der Waals surface area contributed by atoms with Crippen LogP contribution in [0.4, 0.5) is 0 Å². The molecule has 4 atom stereocenters. The summed E-state index contributed by atoms with van der Waals surface area (Å²) in [6, 6.07) is 0. The number of carbonyl (C=O) groups excluding carboxylic acids is 1. The van der Waals surface area contributed by atoms with E-state index < -0.39 is 36.6 Å². The van der Waals surface area contributed by atoms with Crippen LogP contribution >= 0.6 is 0 Å². The number of nitrogens with two attached hydrogens (primary N) is 1. The van der Waals surface area contributed by atoms with Gasteiger partial charge in [0.2, 0.25) is 0 Å². The number of amides is 1. The first-order valence-electron chi connectivity index (χ1n) is 6.52. The summed E-state index contributed by atoms with van der Waals surface area (Å²) in [7, 11) is 0. The van der Waals surface area contributed by atoms with Crippen molar-refractivity contribution in [3.8, 4) is 0 Å². The minimum Gasteiger partial charge on any atom is -0.394 e. The fourth-order valence-electron chi connectivity index (χ4n) is 2.59. The van der Waals surface area contributed by atoms with Gasteiger partial charge in [0.1, 0.15) is 29.7 Å². The Kier molecular flexibility index (Phi) is 3.33. The normalized spacial score (nSPS) is 31.7. The summed E-state index contributed by atoms with van der Waals surface area (Å²) in [5, 5.41) is 29.7. The SMILES string of the molecule is C[C@@]1(O)C(n2cnc3c(C(N)=O)ncnc32)OC(CO)[C@H]1O. The number of hydrogen-bond donors (Lipinski definition) is 4. The molecule has 1 aliphatic rings. The molecule has 0 aliphatic carbocycles. The van der Waals surface area contributed by atoms with E-state index in [9.17, 15) is 20.1 Å². The van der Waals surface area contributed by atoms with E-state index in [1.807, 2.05) is 0 Å². The van der Waals surface area contributed by atoms with Crippen molar-refractivity contribution in [2.24, 2.45) is 5.73 Å². The Balaban J connectivity index is 2.12. The summed E-state index contributed by atoms with van der Waals surface area (Å²) in [5.74, 6) is -0.759. The number of aliphatic hydroxyl groups is 3. The molecule has 0 bridgehead atoms. The van der Waals surface area contributed by atoms with Gasteiger partial charge in [0.05, 0.1) is 12.9 Å².